The Balaban J connectivity index is 1.82. The number of rotatable bonds is 4. The van der Waals surface area contributed by atoms with E-state index in [0.717, 1.165) is 30.0 Å². The third-order valence-corrected chi connectivity index (χ3v) is 4.14. The van der Waals surface area contributed by atoms with Gasteiger partial charge in [0.15, 0.2) is 0 Å². The van der Waals surface area contributed by atoms with Crippen LogP contribution in [0.3, 0.4) is 0 Å². The molecule has 0 aliphatic carbocycles. The van der Waals surface area contributed by atoms with Gasteiger partial charge in [0, 0.05) is 24.2 Å². The number of hydrogen-bond donors (Lipinski definition) is 0. The quantitative estimate of drug-likeness (QED) is 0.797. The molecule has 4 heteroatoms. The maximum Gasteiger partial charge on any atom is 0.251 e. The lowest BCUT2D eigenvalue weighted by atomic mass is 10.1. The van der Waals surface area contributed by atoms with Crippen LogP contribution < -0.4 is 9.64 Å². The van der Waals surface area contributed by atoms with E-state index >= 15 is 0 Å². The average Bonchev–Trinajstić information content (AvgIpc) is 3.07. The van der Waals surface area contributed by atoms with Crippen LogP contribution in [0.25, 0.3) is 6.08 Å². The summed E-state index contributed by atoms with van der Waals surface area (Å²) in [5.41, 5.74) is 3.42. The molecule has 0 atom stereocenters. The predicted octanol–water partition coefficient (Wildman–Crippen LogP) is 3.95. The molecule has 2 aromatic carbocycles. The molecule has 0 spiro atoms. The van der Waals surface area contributed by atoms with Gasteiger partial charge in [-0.05, 0) is 61.4 Å². The van der Waals surface area contributed by atoms with Crippen molar-refractivity contribution in [2.45, 2.75) is 26.3 Å². The number of carbonyl (C=O) groups excluding carboxylic acids is 1. The molecule has 126 valence electrons. The Morgan fingerprint density at radius 1 is 1.28 bits per heavy atom. The van der Waals surface area contributed by atoms with Crippen molar-refractivity contribution in [3.05, 3.63) is 65.2 Å². The highest BCUT2D eigenvalue weighted by molar-refractivity contribution is 6.04. The standard InChI is InChI=1S/C21H20N2O2/c1-15(2)23(19-5-3-4-17(13-19)14-22)21(24)9-7-16-6-8-20-18(12-16)10-11-25-20/h3-9,12-13,15H,10-11H2,1-2H3/b9-7+. The van der Waals surface area contributed by atoms with Crippen molar-refractivity contribution >= 4 is 17.7 Å². The molecule has 1 heterocycles. The van der Waals surface area contributed by atoms with Crippen LogP contribution in [0, 0.1) is 11.3 Å². The molecule has 0 fully saturated rings. The first kappa shape index (κ1) is 16.8. The Morgan fingerprint density at radius 3 is 2.88 bits per heavy atom. The molecule has 2 aromatic rings. The second-order valence-corrected chi connectivity index (χ2v) is 6.26. The number of nitriles is 1. The van der Waals surface area contributed by atoms with Crippen LogP contribution in [0.4, 0.5) is 5.69 Å². The van der Waals surface area contributed by atoms with E-state index < -0.39 is 0 Å². The first-order valence-corrected chi connectivity index (χ1v) is 8.35. The minimum Gasteiger partial charge on any atom is -0.493 e. The van der Waals surface area contributed by atoms with Crippen molar-refractivity contribution in [1.82, 2.24) is 0 Å². The molecular formula is C21H20N2O2. The zero-order valence-electron chi connectivity index (χ0n) is 14.4. The molecule has 3 rings (SSSR count). The fraction of sp³-hybridized carbons (Fsp3) is 0.238. The lowest BCUT2D eigenvalue weighted by Gasteiger charge is -2.25. The van der Waals surface area contributed by atoms with Crippen LogP contribution in [0.1, 0.15) is 30.5 Å². The summed E-state index contributed by atoms with van der Waals surface area (Å²) in [7, 11) is 0. The van der Waals surface area contributed by atoms with Crippen molar-refractivity contribution in [2.24, 2.45) is 0 Å². The molecule has 0 N–H and O–H groups in total. The molecule has 0 bridgehead atoms. The minimum absolute atomic E-state index is 0.0143. The number of nitrogens with zero attached hydrogens (tertiary/aromatic N) is 2. The van der Waals surface area contributed by atoms with Crippen LogP contribution in [0.15, 0.2) is 48.5 Å². The Kier molecular flexibility index (Phi) is 4.85. The SMILES string of the molecule is CC(C)N(C(=O)/C=C/c1ccc2c(c1)CCO2)c1cccc(C#N)c1. The van der Waals surface area contributed by atoms with E-state index in [2.05, 4.69) is 12.1 Å². The highest BCUT2D eigenvalue weighted by atomic mass is 16.5. The third kappa shape index (κ3) is 3.72. The molecule has 4 nitrogen and oxygen atoms in total. The third-order valence-electron chi connectivity index (χ3n) is 4.14. The van der Waals surface area contributed by atoms with E-state index in [0.29, 0.717) is 5.56 Å². The van der Waals surface area contributed by atoms with Crippen LogP contribution >= 0.6 is 0 Å². The maximum absolute atomic E-state index is 12.7. The van der Waals surface area contributed by atoms with Gasteiger partial charge in [-0.15, -0.1) is 0 Å². The van der Waals surface area contributed by atoms with Crippen molar-refractivity contribution in [3.8, 4) is 11.8 Å². The lowest BCUT2D eigenvalue weighted by molar-refractivity contribution is -0.114. The average molecular weight is 332 g/mol. The molecule has 25 heavy (non-hydrogen) atoms. The predicted molar refractivity (Wildman–Crippen MR) is 98.5 cm³/mol. The normalized spacial score (nSPS) is 12.7. The first-order chi connectivity index (χ1) is 12.1. The van der Waals surface area contributed by atoms with Crippen LogP contribution in [-0.4, -0.2) is 18.6 Å². The fourth-order valence-electron chi connectivity index (χ4n) is 2.96. The summed E-state index contributed by atoms with van der Waals surface area (Å²) in [6, 6.07) is 15.2. The van der Waals surface area contributed by atoms with E-state index in [1.807, 2.05) is 38.1 Å². The molecular weight excluding hydrogens is 312 g/mol. The van der Waals surface area contributed by atoms with Crippen molar-refractivity contribution in [1.29, 1.82) is 5.26 Å². The Hall–Kier alpha value is -3.06. The number of hydrogen-bond acceptors (Lipinski definition) is 3. The molecule has 0 radical (unpaired) electrons. The van der Waals surface area contributed by atoms with Gasteiger partial charge < -0.3 is 9.64 Å². The number of anilines is 1. The van der Waals surface area contributed by atoms with E-state index in [1.54, 1.807) is 29.2 Å². The molecule has 0 aromatic heterocycles. The van der Waals surface area contributed by atoms with Gasteiger partial charge in [-0.1, -0.05) is 12.1 Å². The Bertz CT molecular complexity index is 862. The van der Waals surface area contributed by atoms with E-state index in [4.69, 9.17) is 10.00 Å². The monoisotopic (exact) mass is 332 g/mol. The van der Waals surface area contributed by atoms with Crippen molar-refractivity contribution < 1.29 is 9.53 Å². The Labute approximate surface area is 148 Å². The highest BCUT2D eigenvalue weighted by Gasteiger charge is 2.17. The van der Waals surface area contributed by atoms with Gasteiger partial charge in [-0.2, -0.15) is 5.26 Å². The van der Waals surface area contributed by atoms with Gasteiger partial charge in [0.25, 0.3) is 5.91 Å². The topological polar surface area (TPSA) is 53.3 Å². The zero-order valence-corrected chi connectivity index (χ0v) is 14.4. The number of benzene rings is 2. The smallest absolute Gasteiger partial charge is 0.251 e. The van der Waals surface area contributed by atoms with Gasteiger partial charge in [0.1, 0.15) is 5.75 Å². The van der Waals surface area contributed by atoms with Gasteiger partial charge in [-0.3, -0.25) is 4.79 Å². The van der Waals surface area contributed by atoms with Crippen LogP contribution in [-0.2, 0) is 11.2 Å². The van der Waals surface area contributed by atoms with Gasteiger partial charge in [0.2, 0.25) is 0 Å². The van der Waals surface area contributed by atoms with E-state index in [-0.39, 0.29) is 11.9 Å². The summed E-state index contributed by atoms with van der Waals surface area (Å²) >= 11 is 0. The van der Waals surface area contributed by atoms with E-state index in [9.17, 15) is 4.79 Å². The van der Waals surface area contributed by atoms with Crippen LogP contribution in [0.2, 0.25) is 0 Å². The van der Waals surface area contributed by atoms with Gasteiger partial charge in [-0.25, -0.2) is 0 Å². The summed E-state index contributed by atoms with van der Waals surface area (Å²) in [6.07, 6.45) is 4.31. The zero-order chi connectivity index (χ0) is 17.8. The second-order valence-electron chi connectivity index (χ2n) is 6.26. The highest BCUT2D eigenvalue weighted by Crippen LogP contribution is 2.26. The summed E-state index contributed by atoms with van der Waals surface area (Å²) in [5, 5.41) is 9.07. The van der Waals surface area contributed by atoms with E-state index in [1.165, 1.54) is 5.56 Å². The minimum atomic E-state index is -0.109. The van der Waals surface area contributed by atoms with Crippen LogP contribution in [0.5, 0.6) is 5.75 Å². The fourth-order valence-corrected chi connectivity index (χ4v) is 2.96. The summed E-state index contributed by atoms with van der Waals surface area (Å²) in [5.74, 6) is 0.822. The summed E-state index contributed by atoms with van der Waals surface area (Å²) in [4.78, 5) is 14.4. The van der Waals surface area contributed by atoms with Crippen molar-refractivity contribution in [2.75, 3.05) is 11.5 Å². The molecule has 0 saturated heterocycles. The lowest BCUT2D eigenvalue weighted by Crippen LogP contribution is -2.35. The molecule has 1 aliphatic rings. The van der Waals surface area contributed by atoms with Gasteiger partial charge >= 0.3 is 0 Å². The Morgan fingerprint density at radius 2 is 2.12 bits per heavy atom. The maximum atomic E-state index is 12.7. The molecule has 0 saturated carbocycles. The number of ether oxygens (including phenoxy) is 1. The second kappa shape index (κ2) is 7.23. The van der Waals surface area contributed by atoms with Gasteiger partial charge in [0.05, 0.1) is 18.2 Å². The first-order valence-electron chi connectivity index (χ1n) is 8.35. The summed E-state index contributed by atoms with van der Waals surface area (Å²) < 4.78 is 5.50. The molecule has 0 unspecified atom stereocenters. The number of amides is 1. The largest absolute Gasteiger partial charge is 0.493 e. The number of fused-ring (bicyclic) bond motifs is 1. The molecule has 1 amide bonds. The van der Waals surface area contributed by atoms with Crippen molar-refractivity contribution in [3.63, 3.8) is 0 Å². The molecule has 1 aliphatic heterocycles. The summed E-state index contributed by atoms with van der Waals surface area (Å²) in [6.45, 7) is 4.63. The number of carbonyl (C=O) groups is 1.